The van der Waals surface area contributed by atoms with Crippen LogP contribution in [0.4, 0.5) is 14.5 Å². The Morgan fingerprint density at radius 2 is 1.79 bits per heavy atom. The fourth-order valence-electron chi connectivity index (χ4n) is 2.37. The van der Waals surface area contributed by atoms with Crippen LogP contribution < -0.4 is 10.5 Å². The minimum atomic E-state index is -4.03. The summed E-state index contributed by atoms with van der Waals surface area (Å²) < 4.78 is 52.8. The van der Waals surface area contributed by atoms with Gasteiger partial charge in [0, 0.05) is 10.6 Å². The molecule has 2 rings (SSSR count). The maximum absolute atomic E-state index is 12.3. The summed E-state index contributed by atoms with van der Waals surface area (Å²) in [5.74, 6) is -4.09. The zero-order valence-corrected chi connectivity index (χ0v) is 17.1. The molecule has 0 spiro atoms. The predicted octanol–water partition coefficient (Wildman–Crippen LogP) is 3.06. The molecule has 0 aliphatic rings. The number of nitrogens with one attached hydrogen (secondary N) is 1. The second-order valence-electron chi connectivity index (χ2n) is 5.99. The number of rotatable bonds is 7. The van der Waals surface area contributed by atoms with E-state index in [1.54, 1.807) is 13.8 Å². The van der Waals surface area contributed by atoms with Gasteiger partial charge >= 0.3 is 5.97 Å². The maximum Gasteiger partial charge on any atom is 0.338 e. The van der Waals surface area contributed by atoms with Gasteiger partial charge < -0.3 is 10.1 Å². The van der Waals surface area contributed by atoms with E-state index in [-0.39, 0.29) is 10.5 Å². The first-order chi connectivity index (χ1) is 13.5. The smallest absolute Gasteiger partial charge is 0.338 e. The number of esters is 1. The molecule has 156 valence electrons. The van der Waals surface area contributed by atoms with E-state index in [2.05, 4.69) is 5.32 Å². The second-order valence-corrected chi connectivity index (χ2v) is 8.58. The zero-order chi connectivity index (χ0) is 21.8. The third kappa shape index (κ3) is 6.51. The van der Waals surface area contributed by atoms with Crippen molar-refractivity contribution in [2.75, 3.05) is 11.9 Å². The molecule has 0 saturated carbocycles. The Morgan fingerprint density at radius 1 is 1.17 bits per heavy atom. The fourth-order valence-corrected chi connectivity index (χ4v) is 3.75. The number of benzene rings is 2. The molecule has 11 heteroatoms. The number of hydrogen-bond acceptors (Lipinski definition) is 6. The Kier molecular flexibility index (Phi) is 7.33. The number of nitrogens with two attached hydrogens (primary N) is 1. The molecule has 1 amide bonds. The van der Waals surface area contributed by atoms with Crippen LogP contribution in [0.3, 0.4) is 0 Å². The van der Waals surface area contributed by atoms with Crippen LogP contribution in [-0.2, 0) is 19.6 Å². The summed E-state index contributed by atoms with van der Waals surface area (Å²) in [5, 5.41) is 7.61. The third-order valence-corrected chi connectivity index (χ3v) is 5.62. The lowest BCUT2D eigenvalue weighted by Crippen LogP contribution is -2.21. The Labute approximate surface area is 170 Å². The van der Waals surface area contributed by atoms with Crippen LogP contribution in [0.25, 0.3) is 0 Å². The van der Waals surface area contributed by atoms with Gasteiger partial charge in [-0.25, -0.2) is 18.4 Å². The van der Waals surface area contributed by atoms with E-state index in [9.17, 15) is 26.8 Å². The largest absolute Gasteiger partial charge is 0.452 e. The van der Waals surface area contributed by atoms with Crippen molar-refractivity contribution in [3.05, 3.63) is 53.1 Å². The highest BCUT2D eigenvalue weighted by Gasteiger charge is 2.19. The van der Waals surface area contributed by atoms with Crippen molar-refractivity contribution in [1.29, 1.82) is 0 Å². The molecule has 0 aliphatic heterocycles. The molecule has 0 bridgehead atoms. The van der Waals surface area contributed by atoms with Gasteiger partial charge in [-0.3, -0.25) is 4.79 Å². The Balaban J connectivity index is 2.00. The molecule has 0 saturated heterocycles. The van der Waals surface area contributed by atoms with Crippen LogP contribution in [0, 0.1) is 13.8 Å². The van der Waals surface area contributed by atoms with Gasteiger partial charge in [-0.05, 0) is 61.4 Å². The number of anilines is 1. The quantitative estimate of drug-likeness (QED) is 0.501. The van der Waals surface area contributed by atoms with Crippen molar-refractivity contribution in [2.24, 2.45) is 5.14 Å². The number of amides is 1. The van der Waals surface area contributed by atoms with Gasteiger partial charge in [-0.2, -0.15) is 8.78 Å². The summed E-state index contributed by atoms with van der Waals surface area (Å²) in [4.78, 5) is 24.2. The number of aryl methyl sites for hydroxylation is 1. The van der Waals surface area contributed by atoms with Crippen LogP contribution in [0.5, 0.6) is 0 Å². The number of primary sulfonamides is 1. The number of carbonyl (C=O) groups excluding carboxylic acids is 2. The molecule has 2 aromatic carbocycles. The first-order valence-corrected chi connectivity index (χ1v) is 10.6. The SMILES string of the molecule is Cc1cc(C(=O)OCC(=O)Nc2ccc(SC(F)F)cc2)cc(S(N)(=O)=O)c1C. The molecule has 3 N–H and O–H groups in total. The van der Waals surface area contributed by atoms with Gasteiger partial charge in [0.25, 0.3) is 11.7 Å². The molecule has 0 radical (unpaired) electrons. The van der Waals surface area contributed by atoms with E-state index in [1.165, 1.54) is 30.3 Å². The summed E-state index contributed by atoms with van der Waals surface area (Å²) >= 11 is 0.376. The molecule has 29 heavy (non-hydrogen) atoms. The third-order valence-electron chi connectivity index (χ3n) is 3.86. The highest BCUT2D eigenvalue weighted by atomic mass is 32.2. The standard InChI is InChI=1S/C18H18F2N2O5S2/c1-10-7-12(8-15(11(10)2)29(21,25)26)17(24)27-9-16(23)22-13-3-5-14(6-4-13)28-18(19)20/h3-8,18H,9H2,1-2H3,(H,22,23)(H2,21,25,26). The summed E-state index contributed by atoms with van der Waals surface area (Å²) in [6.07, 6.45) is 0. The number of hydrogen-bond donors (Lipinski definition) is 2. The van der Waals surface area contributed by atoms with Crippen LogP contribution in [0.15, 0.2) is 46.2 Å². The average molecular weight is 444 g/mol. The Morgan fingerprint density at radius 3 is 2.34 bits per heavy atom. The van der Waals surface area contributed by atoms with Crippen molar-refractivity contribution in [2.45, 2.75) is 29.4 Å². The molecule has 0 aliphatic carbocycles. The molecular formula is C18H18F2N2O5S2. The van der Waals surface area contributed by atoms with Gasteiger partial charge in [0.05, 0.1) is 10.5 Å². The first-order valence-electron chi connectivity index (χ1n) is 8.13. The number of sulfonamides is 1. The van der Waals surface area contributed by atoms with Crippen LogP contribution >= 0.6 is 11.8 Å². The molecular weight excluding hydrogens is 426 g/mol. The molecule has 0 fully saturated rings. The normalized spacial score (nSPS) is 11.4. The van der Waals surface area contributed by atoms with Crippen molar-refractivity contribution < 1.29 is 31.5 Å². The van der Waals surface area contributed by atoms with E-state index in [0.29, 0.717) is 33.5 Å². The maximum atomic E-state index is 12.3. The average Bonchev–Trinajstić information content (AvgIpc) is 2.62. The van der Waals surface area contributed by atoms with E-state index < -0.39 is 34.3 Å². The van der Waals surface area contributed by atoms with E-state index in [0.717, 1.165) is 6.07 Å². The zero-order valence-electron chi connectivity index (χ0n) is 15.4. The Bertz CT molecular complexity index is 1030. The van der Waals surface area contributed by atoms with Gasteiger partial charge in [-0.15, -0.1) is 0 Å². The number of alkyl halides is 2. The lowest BCUT2D eigenvalue weighted by Gasteiger charge is -2.11. The molecule has 0 unspecified atom stereocenters. The molecule has 0 atom stereocenters. The lowest BCUT2D eigenvalue weighted by atomic mass is 10.1. The molecule has 0 aromatic heterocycles. The fraction of sp³-hybridized carbons (Fsp3) is 0.222. The van der Waals surface area contributed by atoms with Gasteiger partial charge in [0.1, 0.15) is 0 Å². The van der Waals surface area contributed by atoms with Crippen molar-refractivity contribution in [3.63, 3.8) is 0 Å². The molecule has 7 nitrogen and oxygen atoms in total. The monoisotopic (exact) mass is 444 g/mol. The van der Waals surface area contributed by atoms with Crippen LogP contribution in [-0.4, -0.2) is 32.7 Å². The highest BCUT2D eigenvalue weighted by molar-refractivity contribution is 7.99. The van der Waals surface area contributed by atoms with Crippen molar-refractivity contribution in [1.82, 2.24) is 0 Å². The van der Waals surface area contributed by atoms with Crippen molar-refractivity contribution in [3.8, 4) is 0 Å². The van der Waals surface area contributed by atoms with Crippen LogP contribution in [0.1, 0.15) is 21.5 Å². The minimum absolute atomic E-state index is 0.0571. The summed E-state index contributed by atoms with van der Waals surface area (Å²) in [5.41, 5.74) is 1.22. The summed E-state index contributed by atoms with van der Waals surface area (Å²) in [6, 6.07) is 8.24. The lowest BCUT2D eigenvalue weighted by molar-refractivity contribution is -0.119. The Hall–Kier alpha value is -2.50. The number of ether oxygens (including phenoxy) is 1. The summed E-state index contributed by atoms with van der Waals surface area (Å²) in [6.45, 7) is 2.55. The van der Waals surface area contributed by atoms with Gasteiger partial charge in [-0.1, -0.05) is 11.8 Å². The van der Waals surface area contributed by atoms with E-state index >= 15 is 0 Å². The second kappa shape index (κ2) is 9.33. The number of carbonyl (C=O) groups is 2. The van der Waals surface area contributed by atoms with Crippen molar-refractivity contribution >= 4 is 39.3 Å². The van der Waals surface area contributed by atoms with E-state index in [1.807, 2.05) is 0 Å². The summed E-state index contributed by atoms with van der Waals surface area (Å²) in [7, 11) is -4.03. The highest BCUT2D eigenvalue weighted by Crippen LogP contribution is 2.26. The van der Waals surface area contributed by atoms with Gasteiger partial charge in [0.15, 0.2) is 6.61 Å². The minimum Gasteiger partial charge on any atom is -0.452 e. The van der Waals surface area contributed by atoms with Gasteiger partial charge in [0.2, 0.25) is 10.0 Å². The number of halogens is 2. The van der Waals surface area contributed by atoms with Crippen LogP contribution in [0.2, 0.25) is 0 Å². The molecule has 0 heterocycles. The van der Waals surface area contributed by atoms with E-state index in [4.69, 9.17) is 9.88 Å². The first kappa shape index (κ1) is 22.8. The number of thioether (sulfide) groups is 1. The predicted molar refractivity (Wildman–Crippen MR) is 105 cm³/mol. The molecule has 2 aromatic rings. The topological polar surface area (TPSA) is 116 Å².